The van der Waals surface area contributed by atoms with Crippen LogP contribution in [0.1, 0.15) is 28.2 Å². The molecule has 0 spiro atoms. The summed E-state index contributed by atoms with van der Waals surface area (Å²) in [5.74, 6) is -1.28. The second-order valence-electron chi connectivity index (χ2n) is 6.72. The van der Waals surface area contributed by atoms with Crippen LogP contribution in [0.15, 0.2) is 48.5 Å². The SMILES string of the molecule is O=C(CC1NC(=O)c2ccccc2NC1=O)Nc1n[nH]c(Cc2ccc(F)cc2)n1. The average Bonchev–Trinajstić information content (AvgIpc) is 3.11. The van der Waals surface area contributed by atoms with Gasteiger partial charge in [0, 0.05) is 6.42 Å². The maximum absolute atomic E-state index is 13.0. The molecule has 9 nitrogen and oxygen atoms in total. The van der Waals surface area contributed by atoms with Gasteiger partial charge in [-0.1, -0.05) is 24.3 Å². The minimum Gasteiger partial charge on any atom is -0.340 e. The van der Waals surface area contributed by atoms with Crippen molar-refractivity contribution in [2.24, 2.45) is 0 Å². The standard InChI is InChI=1S/C20H17FN6O3/c21-12-7-5-11(6-8-12)9-16-24-20(27-26-16)25-17(28)10-15-19(30)22-14-4-2-1-3-13(14)18(29)23-15/h1-8,15H,9-10H2,(H,22,30)(H,23,29)(H2,24,25,26,27,28). The molecule has 3 aromatic rings. The van der Waals surface area contributed by atoms with Gasteiger partial charge in [0.1, 0.15) is 17.7 Å². The Kier molecular flexibility index (Phi) is 5.21. The summed E-state index contributed by atoms with van der Waals surface area (Å²) >= 11 is 0. The van der Waals surface area contributed by atoms with E-state index >= 15 is 0 Å². The number of para-hydroxylation sites is 1. The lowest BCUT2D eigenvalue weighted by Gasteiger charge is -2.13. The smallest absolute Gasteiger partial charge is 0.254 e. The van der Waals surface area contributed by atoms with E-state index < -0.39 is 23.8 Å². The van der Waals surface area contributed by atoms with Crippen LogP contribution in [-0.2, 0) is 16.0 Å². The van der Waals surface area contributed by atoms with Crippen molar-refractivity contribution < 1.29 is 18.8 Å². The van der Waals surface area contributed by atoms with Crippen LogP contribution >= 0.6 is 0 Å². The Morgan fingerprint density at radius 3 is 2.67 bits per heavy atom. The zero-order valence-electron chi connectivity index (χ0n) is 15.6. The number of hydrogen-bond donors (Lipinski definition) is 4. The van der Waals surface area contributed by atoms with E-state index in [0.29, 0.717) is 23.5 Å². The summed E-state index contributed by atoms with van der Waals surface area (Å²) in [7, 11) is 0. The highest BCUT2D eigenvalue weighted by Gasteiger charge is 2.29. The highest BCUT2D eigenvalue weighted by Crippen LogP contribution is 2.19. The Morgan fingerprint density at radius 2 is 1.87 bits per heavy atom. The quantitative estimate of drug-likeness (QED) is 0.510. The van der Waals surface area contributed by atoms with Crippen molar-refractivity contribution in [3.05, 3.63) is 71.3 Å². The molecule has 0 saturated heterocycles. The molecule has 4 N–H and O–H groups in total. The average molecular weight is 408 g/mol. The second-order valence-corrected chi connectivity index (χ2v) is 6.72. The normalized spacial score (nSPS) is 15.6. The predicted octanol–water partition coefficient (Wildman–Crippen LogP) is 1.61. The molecule has 30 heavy (non-hydrogen) atoms. The van der Waals surface area contributed by atoms with Crippen LogP contribution in [-0.4, -0.2) is 38.9 Å². The molecular formula is C20H17FN6O3. The molecule has 1 unspecified atom stereocenters. The Hall–Kier alpha value is -4.08. The highest BCUT2D eigenvalue weighted by atomic mass is 19.1. The van der Waals surface area contributed by atoms with E-state index in [1.165, 1.54) is 12.1 Å². The van der Waals surface area contributed by atoms with E-state index in [9.17, 15) is 18.8 Å². The number of H-pyrrole nitrogens is 1. The van der Waals surface area contributed by atoms with Gasteiger partial charge in [0.15, 0.2) is 0 Å². The molecule has 152 valence electrons. The van der Waals surface area contributed by atoms with Crippen molar-refractivity contribution in [3.63, 3.8) is 0 Å². The van der Waals surface area contributed by atoms with Crippen LogP contribution in [0.2, 0.25) is 0 Å². The number of amides is 3. The summed E-state index contributed by atoms with van der Waals surface area (Å²) in [5.41, 5.74) is 1.54. The Balaban J connectivity index is 1.37. The number of benzene rings is 2. The lowest BCUT2D eigenvalue weighted by atomic mass is 10.1. The molecule has 2 aromatic carbocycles. The zero-order valence-corrected chi connectivity index (χ0v) is 15.6. The molecule has 3 amide bonds. The third-order valence-corrected chi connectivity index (χ3v) is 4.51. The summed E-state index contributed by atoms with van der Waals surface area (Å²) < 4.78 is 13.0. The number of hydrogen-bond acceptors (Lipinski definition) is 5. The fourth-order valence-corrected chi connectivity index (χ4v) is 3.04. The van der Waals surface area contributed by atoms with Gasteiger partial charge in [0.05, 0.1) is 17.7 Å². The van der Waals surface area contributed by atoms with Gasteiger partial charge < -0.3 is 10.6 Å². The summed E-state index contributed by atoms with van der Waals surface area (Å²) in [6.07, 6.45) is 0.0931. The summed E-state index contributed by atoms with van der Waals surface area (Å²) in [4.78, 5) is 41.2. The van der Waals surface area contributed by atoms with Crippen molar-refractivity contribution in [3.8, 4) is 0 Å². The molecule has 0 fully saturated rings. The second kappa shape index (κ2) is 8.11. The van der Waals surface area contributed by atoms with Crippen molar-refractivity contribution in [2.75, 3.05) is 10.6 Å². The Morgan fingerprint density at radius 1 is 1.10 bits per heavy atom. The van der Waals surface area contributed by atoms with Crippen LogP contribution in [0.5, 0.6) is 0 Å². The number of carbonyl (C=O) groups excluding carboxylic acids is 3. The fourth-order valence-electron chi connectivity index (χ4n) is 3.04. The topological polar surface area (TPSA) is 129 Å². The van der Waals surface area contributed by atoms with Crippen molar-refractivity contribution >= 4 is 29.4 Å². The lowest BCUT2D eigenvalue weighted by Crippen LogP contribution is -2.43. The number of fused-ring (bicyclic) bond motifs is 1. The van der Waals surface area contributed by atoms with E-state index in [4.69, 9.17) is 0 Å². The Bertz CT molecular complexity index is 1110. The molecule has 0 bridgehead atoms. The van der Waals surface area contributed by atoms with Gasteiger partial charge in [0.25, 0.3) is 5.91 Å². The van der Waals surface area contributed by atoms with Crippen LogP contribution < -0.4 is 16.0 Å². The van der Waals surface area contributed by atoms with Gasteiger partial charge in [-0.3, -0.25) is 24.8 Å². The first-order chi connectivity index (χ1) is 14.5. The molecule has 1 aromatic heterocycles. The number of halogens is 1. The largest absolute Gasteiger partial charge is 0.340 e. The fraction of sp³-hybridized carbons (Fsp3) is 0.150. The van der Waals surface area contributed by atoms with Crippen molar-refractivity contribution in [1.82, 2.24) is 20.5 Å². The number of carbonyl (C=O) groups is 3. The first kappa shape index (κ1) is 19.2. The number of aromatic amines is 1. The molecule has 1 aliphatic heterocycles. The molecule has 2 heterocycles. The molecule has 4 rings (SSSR count). The first-order valence-electron chi connectivity index (χ1n) is 9.14. The van der Waals surface area contributed by atoms with Gasteiger partial charge >= 0.3 is 0 Å². The molecular weight excluding hydrogens is 391 g/mol. The lowest BCUT2D eigenvalue weighted by molar-refractivity contribution is -0.122. The number of nitrogens with one attached hydrogen (secondary N) is 4. The number of anilines is 2. The summed E-state index contributed by atoms with van der Waals surface area (Å²) in [6, 6.07) is 11.5. The third kappa shape index (κ3) is 4.32. The van der Waals surface area contributed by atoms with Crippen molar-refractivity contribution in [2.45, 2.75) is 18.9 Å². The predicted molar refractivity (Wildman–Crippen MR) is 105 cm³/mol. The van der Waals surface area contributed by atoms with Crippen LogP contribution in [0.3, 0.4) is 0 Å². The van der Waals surface area contributed by atoms with E-state index in [0.717, 1.165) is 5.56 Å². The third-order valence-electron chi connectivity index (χ3n) is 4.51. The zero-order chi connectivity index (χ0) is 21.1. The van der Waals surface area contributed by atoms with Gasteiger partial charge in [0.2, 0.25) is 17.8 Å². The monoisotopic (exact) mass is 408 g/mol. The van der Waals surface area contributed by atoms with Gasteiger partial charge in [-0.2, -0.15) is 4.98 Å². The minimum absolute atomic E-state index is 0.0424. The maximum Gasteiger partial charge on any atom is 0.254 e. The summed E-state index contributed by atoms with van der Waals surface area (Å²) in [6.45, 7) is 0. The summed E-state index contributed by atoms with van der Waals surface area (Å²) in [5, 5.41) is 14.3. The first-order valence-corrected chi connectivity index (χ1v) is 9.14. The van der Waals surface area contributed by atoms with Crippen molar-refractivity contribution in [1.29, 1.82) is 0 Å². The van der Waals surface area contributed by atoms with Gasteiger partial charge in [-0.15, -0.1) is 5.10 Å². The molecule has 1 aliphatic rings. The van der Waals surface area contributed by atoms with E-state index in [1.807, 2.05) is 0 Å². The Labute approximate surface area is 170 Å². The van der Waals surface area contributed by atoms with Gasteiger partial charge in [-0.25, -0.2) is 4.39 Å². The van der Waals surface area contributed by atoms with E-state index in [2.05, 4.69) is 31.1 Å². The highest BCUT2D eigenvalue weighted by molar-refractivity contribution is 6.11. The maximum atomic E-state index is 13.0. The van der Waals surface area contributed by atoms with Crippen LogP contribution in [0.4, 0.5) is 16.0 Å². The van der Waals surface area contributed by atoms with E-state index in [1.54, 1.807) is 36.4 Å². The molecule has 0 radical (unpaired) electrons. The van der Waals surface area contributed by atoms with Gasteiger partial charge in [-0.05, 0) is 29.8 Å². The molecule has 0 saturated carbocycles. The minimum atomic E-state index is -1.04. The molecule has 1 atom stereocenters. The molecule has 0 aliphatic carbocycles. The van der Waals surface area contributed by atoms with Crippen LogP contribution in [0.25, 0.3) is 0 Å². The number of nitrogens with zero attached hydrogens (tertiary/aromatic N) is 2. The number of aromatic nitrogens is 3. The van der Waals surface area contributed by atoms with Crippen LogP contribution in [0, 0.1) is 5.82 Å². The van der Waals surface area contributed by atoms with E-state index in [-0.39, 0.29) is 18.2 Å². The number of rotatable bonds is 5. The molecule has 10 heteroatoms.